The number of hydrogen-bond donors (Lipinski definition) is 1. The van der Waals surface area contributed by atoms with Gasteiger partial charge in [0.2, 0.25) is 0 Å². The van der Waals surface area contributed by atoms with Gasteiger partial charge in [0.25, 0.3) is 5.56 Å². The first-order valence-corrected chi connectivity index (χ1v) is 3.86. The van der Waals surface area contributed by atoms with Gasteiger partial charge in [-0.3, -0.25) is 4.79 Å². The van der Waals surface area contributed by atoms with Gasteiger partial charge >= 0.3 is 0 Å². The van der Waals surface area contributed by atoms with Crippen molar-refractivity contribution in [3.63, 3.8) is 0 Å². The molecule has 1 rings (SSSR count). The number of nitrogens with one attached hydrogen (secondary N) is 1. The molecule has 60 valence electrons. The molecule has 2 nitrogen and oxygen atoms in total. The molecule has 0 saturated heterocycles. The summed E-state index contributed by atoms with van der Waals surface area (Å²) in [5.41, 5.74) is 0.920. The van der Waals surface area contributed by atoms with E-state index in [2.05, 4.69) is 18.8 Å². The van der Waals surface area contributed by atoms with Crippen LogP contribution >= 0.6 is 0 Å². The first-order chi connectivity index (χ1) is 5.20. The first kappa shape index (κ1) is 8.05. The van der Waals surface area contributed by atoms with Crippen molar-refractivity contribution >= 4 is 0 Å². The third kappa shape index (κ3) is 2.22. The van der Waals surface area contributed by atoms with Gasteiger partial charge in [-0.25, -0.2) is 0 Å². The molecule has 0 atom stereocenters. The highest BCUT2D eigenvalue weighted by atomic mass is 16.1. The highest BCUT2D eigenvalue weighted by Gasteiger charge is 1.99. The van der Waals surface area contributed by atoms with E-state index in [9.17, 15) is 4.79 Å². The summed E-state index contributed by atoms with van der Waals surface area (Å²) < 4.78 is 0. The van der Waals surface area contributed by atoms with Crippen molar-refractivity contribution in [1.29, 1.82) is 0 Å². The molecule has 1 N–H and O–H groups in total. The molecule has 0 aliphatic heterocycles. The van der Waals surface area contributed by atoms with E-state index in [1.54, 1.807) is 6.20 Å². The lowest BCUT2D eigenvalue weighted by Crippen LogP contribution is -2.12. The number of H-pyrrole nitrogens is 1. The van der Waals surface area contributed by atoms with E-state index in [-0.39, 0.29) is 5.56 Å². The quantitative estimate of drug-likeness (QED) is 0.683. The molecule has 0 spiro atoms. The predicted octanol–water partition coefficient (Wildman–Crippen LogP) is 1.57. The van der Waals surface area contributed by atoms with Crippen molar-refractivity contribution in [1.82, 2.24) is 4.98 Å². The van der Waals surface area contributed by atoms with Crippen molar-refractivity contribution in [3.05, 3.63) is 34.2 Å². The van der Waals surface area contributed by atoms with E-state index >= 15 is 0 Å². The van der Waals surface area contributed by atoms with Gasteiger partial charge in [-0.05, 0) is 18.4 Å². The van der Waals surface area contributed by atoms with E-state index < -0.39 is 0 Å². The highest BCUT2D eigenvalue weighted by Crippen LogP contribution is 2.01. The minimum atomic E-state index is 0.0428. The summed E-state index contributed by atoms with van der Waals surface area (Å²) in [4.78, 5) is 13.7. The molecule has 0 bridgehead atoms. The second kappa shape index (κ2) is 3.37. The fourth-order valence-electron chi connectivity index (χ4n) is 1.06. The van der Waals surface area contributed by atoms with E-state index in [0.717, 1.165) is 12.0 Å². The van der Waals surface area contributed by atoms with E-state index in [1.165, 1.54) is 0 Å². The summed E-state index contributed by atoms with van der Waals surface area (Å²) in [5.74, 6) is 0.540. The maximum atomic E-state index is 11.1. The van der Waals surface area contributed by atoms with Crippen LogP contribution in [0.2, 0.25) is 0 Å². The molecular weight excluding hydrogens is 138 g/mol. The molecule has 0 saturated carbocycles. The zero-order valence-electron chi connectivity index (χ0n) is 6.92. The molecule has 11 heavy (non-hydrogen) atoms. The number of aromatic amines is 1. The maximum absolute atomic E-state index is 11.1. The molecule has 0 aliphatic rings. The Kier molecular flexibility index (Phi) is 2.47. The van der Waals surface area contributed by atoms with Crippen LogP contribution in [0.25, 0.3) is 0 Å². The van der Waals surface area contributed by atoms with Crippen LogP contribution in [0.15, 0.2) is 23.1 Å². The van der Waals surface area contributed by atoms with Crippen molar-refractivity contribution in [2.24, 2.45) is 5.92 Å². The van der Waals surface area contributed by atoms with Gasteiger partial charge in [-0.2, -0.15) is 0 Å². The van der Waals surface area contributed by atoms with Crippen molar-refractivity contribution in [2.75, 3.05) is 0 Å². The summed E-state index contributed by atoms with van der Waals surface area (Å²) in [6.45, 7) is 4.21. The Hall–Kier alpha value is -1.05. The van der Waals surface area contributed by atoms with Gasteiger partial charge in [0, 0.05) is 11.8 Å². The normalized spacial score (nSPS) is 10.5. The zero-order chi connectivity index (χ0) is 8.27. The molecule has 0 aliphatic carbocycles. The minimum Gasteiger partial charge on any atom is -0.329 e. The number of aromatic nitrogens is 1. The monoisotopic (exact) mass is 151 g/mol. The van der Waals surface area contributed by atoms with Gasteiger partial charge in [-0.1, -0.05) is 19.9 Å². The molecule has 1 aromatic heterocycles. The van der Waals surface area contributed by atoms with Crippen LogP contribution in [0.4, 0.5) is 0 Å². The van der Waals surface area contributed by atoms with E-state index in [1.807, 2.05) is 12.1 Å². The molecule has 0 aromatic carbocycles. The standard InChI is InChI=1S/C9H13NO/c1-7(2)6-8-4-3-5-10-9(8)11/h3-5,7H,6H2,1-2H3,(H,10,11). The lowest BCUT2D eigenvalue weighted by Gasteiger charge is -2.01. The Labute approximate surface area is 66.3 Å². The van der Waals surface area contributed by atoms with Crippen LogP contribution in [0.3, 0.4) is 0 Å². The second-order valence-corrected chi connectivity index (χ2v) is 3.12. The Morgan fingerprint density at radius 1 is 1.55 bits per heavy atom. The number of hydrogen-bond acceptors (Lipinski definition) is 1. The Balaban J connectivity index is 2.87. The lowest BCUT2D eigenvalue weighted by atomic mass is 10.1. The van der Waals surface area contributed by atoms with Crippen LogP contribution < -0.4 is 5.56 Å². The fraction of sp³-hybridized carbons (Fsp3) is 0.444. The first-order valence-electron chi connectivity index (χ1n) is 3.86. The molecule has 0 amide bonds. The molecule has 0 radical (unpaired) electrons. The van der Waals surface area contributed by atoms with Crippen LogP contribution in [-0.2, 0) is 6.42 Å². The summed E-state index contributed by atoms with van der Waals surface area (Å²) in [7, 11) is 0. The summed E-state index contributed by atoms with van der Waals surface area (Å²) in [6.07, 6.45) is 2.52. The molecule has 1 heterocycles. The molecule has 1 aromatic rings. The Morgan fingerprint density at radius 3 is 2.82 bits per heavy atom. The SMILES string of the molecule is CC(C)Cc1ccc[nH]c1=O. The van der Waals surface area contributed by atoms with Crippen LogP contribution in [0.5, 0.6) is 0 Å². The molecule has 0 fully saturated rings. The third-order valence-electron chi connectivity index (χ3n) is 1.53. The average molecular weight is 151 g/mol. The Morgan fingerprint density at radius 2 is 2.27 bits per heavy atom. The van der Waals surface area contributed by atoms with Gasteiger partial charge < -0.3 is 4.98 Å². The van der Waals surface area contributed by atoms with Crippen molar-refractivity contribution in [3.8, 4) is 0 Å². The van der Waals surface area contributed by atoms with Gasteiger partial charge in [-0.15, -0.1) is 0 Å². The second-order valence-electron chi connectivity index (χ2n) is 3.12. The van der Waals surface area contributed by atoms with Crippen molar-refractivity contribution in [2.45, 2.75) is 20.3 Å². The van der Waals surface area contributed by atoms with Crippen LogP contribution in [0.1, 0.15) is 19.4 Å². The van der Waals surface area contributed by atoms with Crippen LogP contribution in [0, 0.1) is 5.92 Å². The number of pyridine rings is 1. The summed E-state index contributed by atoms with van der Waals surface area (Å²) >= 11 is 0. The van der Waals surface area contributed by atoms with E-state index in [0.29, 0.717) is 5.92 Å². The lowest BCUT2D eigenvalue weighted by molar-refractivity contribution is 0.642. The predicted molar refractivity (Wildman–Crippen MR) is 45.6 cm³/mol. The fourth-order valence-corrected chi connectivity index (χ4v) is 1.06. The summed E-state index contributed by atoms with van der Waals surface area (Å²) in [6, 6.07) is 3.73. The smallest absolute Gasteiger partial charge is 0.251 e. The van der Waals surface area contributed by atoms with E-state index in [4.69, 9.17) is 0 Å². The molecular formula is C9H13NO. The van der Waals surface area contributed by atoms with Crippen molar-refractivity contribution < 1.29 is 0 Å². The molecule has 0 unspecified atom stereocenters. The summed E-state index contributed by atoms with van der Waals surface area (Å²) in [5, 5.41) is 0. The highest BCUT2D eigenvalue weighted by molar-refractivity contribution is 5.09. The topological polar surface area (TPSA) is 32.9 Å². The van der Waals surface area contributed by atoms with Gasteiger partial charge in [0.15, 0.2) is 0 Å². The zero-order valence-corrected chi connectivity index (χ0v) is 6.92. The minimum absolute atomic E-state index is 0.0428. The Bertz CT molecular complexity index is 275. The maximum Gasteiger partial charge on any atom is 0.251 e. The van der Waals surface area contributed by atoms with Crippen LogP contribution in [-0.4, -0.2) is 4.98 Å². The van der Waals surface area contributed by atoms with Gasteiger partial charge in [0.1, 0.15) is 0 Å². The van der Waals surface area contributed by atoms with Gasteiger partial charge in [0.05, 0.1) is 0 Å². The third-order valence-corrected chi connectivity index (χ3v) is 1.53. The average Bonchev–Trinajstić information content (AvgIpc) is 1.93. The largest absolute Gasteiger partial charge is 0.329 e. The molecule has 2 heteroatoms. The number of rotatable bonds is 2.